The molecule has 0 radical (unpaired) electrons. The first-order valence-corrected chi connectivity index (χ1v) is 12.2. The van der Waals surface area contributed by atoms with E-state index in [4.69, 9.17) is 0 Å². The van der Waals surface area contributed by atoms with Crippen molar-refractivity contribution in [3.05, 3.63) is 76.5 Å². The number of ketones is 1. The zero-order chi connectivity index (χ0) is 23.3. The molecule has 2 heterocycles. The fraction of sp³-hybridized carbons (Fsp3) is 0.464. The van der Waals surface area contributed by atoms with Gasteiger partial charge >= 0.3 is 0 Å². The summed E-state index contributed by atoms with van der Waals surface area (Å²) in [5.74, 6) is 0.525. The Morgan fingerprint density at radius 2 is 1.61 bits per heavy atom. The number of hydrazine groups is 1. The Morgan fingerprint density at radius 3 is 2.24 bits per heavy atom. The minimum Gasteiger partial charge on any atom is -0.378 e. The average Bonchev–Trinajstić information content (AvgIpc) is 3.20. The maximum Gasteiger partial charge on any atom is 0.161 e. The summed E-state index contributed by atoms with van der Waals surface area (Å²) in [5, 5.41) is 3.73. The molecule has 3 N–H and O–H groups in total. The van der Waals surface area contributed by atoms with Crippen molar-refractivity contribution in [2.45, 2.75) is 58.2 Å². The standard InChI is InChI=1S/C28H36N4O/c1-6-17-7-9-19(10-8-17)26-25-23(18-11-13-20(14-12-18)32(4)5)24-21(29-27(25)31-30-26)15-28(2,3)16-22(24)33/h7-14,23,25-27,29-31H,6,15-16H2,1-5H3. The molecule has 0 saturated carbocycles. The van der Waals surface area contributed by atoms with Gasteiger partial charge in [-0.1, -0.05) is 57.2 Å². The van der Waals surface area contributed by atoms with Crippen LogP contribution in [0.1, 0.15) is 62.3 Å². The number of allylic oxidation sites excluding steroid dienone is 2. The van der Waals surface area contributed by atoms with Gasteiger partial charge < -0.3 is 10.2 Å². The second-order valence-electron chi connectivity index (χ2n) is 10.9. The molecule has 5 nitrogen and oxygen atoms in total. The van der Waals surface area contributed by atoms with Crippen LogP contribution in [0, 0.1) is 11.3 Å². The molecule has 174 valence electrons. The van der Waals surface area contributed by atoms with Gasteiger partial charge in [-0.3, -0.25) is 4.79 Å². The largest absolute Gasteiger partial charge is 0.378 e. The third kappa shape index (κ3) is 3.98. The highest BCUT2D eigenvalue weighted by Gasteiger charge is 2.51. The van der Waals surface area contributed by atoms with Crippen molar-refractivity contribution in [3.63, 3.8) is 0 Å². The normalized spacial score (nSPS) is 28.2. The van der Waals surface area contributed by atoms with Gasteiger partial charge in [0.05, 0.1) is 12.2 Å². The maximum atomic E-state index is 13.6. The summed E-state index contributed by atoms with van der Waals surface area (Å²) in [4.78, 5) is 15.7. The number of carbonyl (C=O) groups excluding carboxylic acids is 1. The minimum atomic E-state index is -0.0174. The van der Waals surface area contributed by atoms with E-state index < -0.39 is 0 Å². The lowest BCUT2D eigenvalue weighted by atomic mass is 9.65. The maximum absolute atomic E-state index is 13.6. The predicted molar refractivity (Wildman–Crippen MR) is 134 cm³/mol. The molecule has 1 aliphatic carbocycles. The van der Waals surface area contributed by atoms with Gasteiger partial charge in [0.1, 0.15) is 0 Å². The highest BCUT2D eigenvalue weighted by Crippen LogP contribution is 2.51. The van der Waals surface area contributed by atoms with Crippen LogP contribution in [0.25, 0.3) is 0 Å². The SMILES string of the molecule is CCc1ccc(C2NNC3NC4=C(C(=O)CC(C)(C)C4)C(c4ccc(N(C)C)cc4)C32)cc1. The first kappa shape index (κ1) is 22.2. The van der Waals surface area contributed by atoms with Gasteiger partial charge in [0.2, 0.25) is 0 Å². The molecule has 4 unspecified atom stereocenters. The molecule has 4 atom stereocenters. The van der Waals surface area contributed by atoms with E-state index in [1.165, 1.54) is 22.4 Å². The van der Waals surface area contributed by atoms with E-state index in [0.29, 0.717) is 12.2 Å². The van der Waals surface area contributed by atoms with Crippen LogP contribution in [0.4, 0.5) is 5.69 Å². The van der Waals surface area contributed by atoms with Gasteiger partial charge in [0, 0.05) is 49.3 Å². The fourth-order valence-corrected chi connectivity index (χ4v) is 5.92. The molecule has 0 amide bonds. The number of hydrogen-bond acceptors (Lipinski definition) is 5. The molecule has 1 fully saturated rings. The van der Waals surface area contributed by atoms with Crippen molar-refractivity contribution in [2.24, 2.45) is 11.3 Å². The van der Waals surface area contributed by atoms with Crippen molar-refractivity contribution < 1.29 is 4.79 Å². The molecule has 0 aromatic heterocycles. The molecule has 33 heavy (non-hydrogen) atoms. The number of carbonyl (C=O) groups is 1. The summed E-state index contributed by atoms with van der Waals surface area (Å²) in [6.45, 7) is 6.58. The summed E-state index contributed by atoms with van der Waals surface area (Å²) in [7, 11) is 4.12. The molecule has 2 aromatic rings. The predicted octanol–water partition coefficient (Wildman–Crippen LogP) is 4.44. The van der Waals surface area contributed by atoms with E-state index in [1.54, 1.807) is 0 Å². The third-order valence-electron chi connectivity index (χ3n) is 7.63. The van der Waals surface area contributed by atoms with Gasteiger partial charge in [-0.2, -0.15) is 0 Å². The van der Waals surface area contributed by atoms with Gasteiger partial charge in [0.15, 0.2) is 5.78 Å². The molecule has 5 rings (SSSR count). The Bertz CT molecular complexity index is 1070. The second-order valence-corrected chi connectivity index (χ2v) is 10.9. The first-order chi connectivity index (χ1) is 15.8. The zero-order valence-electron chi connectivity index (χ0n) is 20.4. The summed E-state index contributed by atoms with van der Waals surface area (Å²) in [6.07, 6.45) is 2.61. The highest BCUT2D eigenvalue weighted by atomic mass is 16.1. The van der Waals surface area contributed by atoms with E-state index in [0.717, 1.165) is 24.1 Å². The molecular weight excluding hydrogens is 408 g/mol. The number of fused-ring (bicyclic) bond motifs is 1. The average molecular weight is 445 g/mol. The Labute approximate surface area is 197 Å². The van der Waals surface area contributed by atoms with Crippen LogP contribution in [0.3, 0.4) is 0 Å². The van der Waals surface area contributed by atoms with E-state index in [-0.39, 0.29) is 29.5 Å². The number of nitrogens with zero attached hydrogens (tertiary/aromatic N) is 1. The van der Waals surface area contributed by atoms with E-state index in [9.17, 15) is 4.79 Å². The van der Waals surface area contributed by atoms with Crippen LogP contribution in [-0.2, 0) is 11.2 Å². The number of aryl methyl sites for hydroxylation is 1. The molecule has 0 bridgehead atoms. The Kier molecular flexibility index (Phi) is 5.58. The van der Waals surface area contributed by atoms with Crippen LogP contribution in [0.5, 0.6) is 0 Å². The Morgan fingerprint density at radius 1 is 0.939 bits per heavy atom. The monoisotopic (exact) mass is 444 g/mol. The molecule has 1 saturated heterocycles. The highest BCUT2D eigenvalue weighted by molar-refractivity contribution is 5.99. The molecule has 2 aromatic carbocycles. The zero-order valence-corrected chi connectivity index (χ0v) is 20.4. The molecule has 0 spiro atoms. The van der Waals surface area contributed by atoms with Gasteiger partial charge in [0.25, 0.3) is 0 Å². The Hall–Kier alpha value is -2.63. The van der Waals surface area contributed by atoms with Gasteiger partial charge in [-0.25, -0.2) is 10.9 Å². The number of Topliss-reactive ketones (excluding diaryl/α,β-unsaturated/α-hetero) is 1. The molecule has 3 aliphatic rings. The van der Waals surface area contributed by atoms with E-state index in [2.05, 4.69) is 104 Å². The topological polar surface area (TPSA) is 56.4 Å². The number of nitrogens with one attached hydrogen (secondary N) is 3. The van der Waals surface area contributed by atoms with Crippen molar-refractivity contribution in [1.82, 2.24) is 16.2 Å². The summed E-state index contributed by atoms with van der Waals surface area (Å²) >= 11 is 0. The van der Waals surface area contributed by atoms with Crippen LogP contribution in [0.15, 0.2) is 59.8 Å². The summed E-state index contributed by atoms with van der Waals surface area (Å²) < 4.78 is 0. The van der Waals surface area contributed by atoms with Crippen LogP contribution >= 0.6 is 0 Å². The summed E-state index contributed by atoms with van der Waals surface area (Å²) in [5.41, 5.74) is 14.2. The molecular formula is C28H36N4O. The van der Waals surface area contributed by atoms with Crippen molar-refractivity contribution in [2.75, 3.05) is 19.0 Å². The van der Waals surface area contributed by atoms with E-state index >= 15 is 0 Å². The van der Waals surface area contributed by atoms with Gasteiger partial charge in [-0.05, 0) is 47.1 Å². The third-order valence-corrected chi connectivity index (χ3v) is 7.63. The second kappa shape index (κ2) is 8.30. The summed E-state index contributed by atoms with van der Waals surface area (Å²) in [6, 6.07) is 17.8. The quantitative estimate of drug-likeness (QED) is 0.651. The number of rotatable bonds is 4. The molecule has 5 heteroatoms. The lowest BCUT2D eigenvalue weighted by molar-refractivity contribution is -0.118. The van der Waals surface area contributed by atoms with Gasteiger partial charge in [-0.15, -0.1) is 0 Å². The minimum absolute atomic E-state index is 0.0174. The lowest BCUT2D eigenvalue weighted by Crippen LogP contribution is -2.51. The Balaban J connectivity index is 1.60. The van der Waals surface area contributed by atoms with E-state index in [1.807, 2.05) is 0 Å². The first-order valence-electron chi connectivity index (χ1n) is 12.2. The smallest absolute Gasteiger partial charge is 0.161 e. The number of hydrogen-bond donors (Lipinski definition) is 3. The van der Waals surface area contributed by atoms with Crippen LogP contribution in [0.2, 0.25) is 0 Å². The number of anilines is 1. The fourth-order valence-electron chi connectivity index (χ4n) is 5.92. The van der Waals surface area contributed by atoms with Crippen LogP contribution in [-0.4, -0.2) is 26.0 Å². The van der Waals surface area contributed by atoms with Crippen molar-refractivity contribution in [3.8, 4) is 0 Å². The van der Waals surface area contributed by atoms with Crippen molar-refractivity contribution in [1.29, 1.82) is 0 Å². The van der Waals surface area contributed by atoms with Crippen molar-refractivity contribution >= 4 is 11.5 Å². The van der Waals surface area contributed by atoms with Crippen LogP contribution < -0.4 is 21.1 Å². The lowest BCUT2D eigenvalue weighted by Gasteiger charge is -2.44. The number of benzene rings is 2. The molecule has 2 aliphatic heterocycles.